The summed E-state index contributed by atoms with van der Waals surface area (Å²) in [6.45, 7) is 19.2. The fraction of sp³-hybridized carbons (Fsp3) is 0.720. The predicted molar refractivity (Wildman–Crippen MR) is 134 cm³/mol. The summed E-state index contributed by atoms with van der Waals surface area (Å²) in [5, 5.41) is 3.04. The Morgan fingerprint density at radius 1 is 1.00 bits per heavy atom. The van der Waals surface area contributed by atoms with Gasteiger partial charge in [0.2, 0.25) is 15.9 Å². The lowest BCUT2D eigenvalue weighted by molar-refractivity contribution is -0.121. The number of carbonyl (C=O) groups is 1. The van der Waals surface area contributed by atoms with Crippen molar-refractivity contribution in [2.24, 2.45) is 0 Å². The van der Waals surface area contributed by atoms with Crippen molar-refractivity contribution in [3.63, 3.8) is 0 Å². The van der Waals surface area contributed by atoms with E-state index in [1.54, 1.807) is 0 Å². The Balaban J connectivity index is 2.82. The Bertz CT molecular complexity index is 812. The molecule has 184 valence electrons. The summed E-state index contributed by atoms with van der Waals surface area (Å²) in [5.41, 5.74) is 2.55. The summed E-state index contributed by atoms with van der Waals surface area (Å²) in [6.07, 6.45) is 2.79. The molecule has 0 heterocycles. The van der Waals surface area contributed by atoms with Crippen molar-refractivity contribution >= 4 is 15.9 Å². The first-order chi connectivity index (χ1) is 15.0. The number of sulfonamides is 1. The molecule has 1 aromatic rings. The normalized spacial score (nSPS) is 14.1. The number of aryl methyl sites for hydroxylation is 3. The summed E-state index contributed by atoms with van der Waals surface area (Å²) < 4.78 is 28.6. The first kappa shape index (κ1) is 28.6. The highest BCUT2D eigenvalue weighted by Crippen LogP contribution is 2.27. The van der Waals surface area contributed by atoms with E-state index in [9.17, 15) is 13.2 Å². The minimum absolute atomic E-state index is 0.0771. The van der Waals surface area contributed by atoms with Gasteiger partial charge in [0.1, 0.15) is 0 Å². The fourth-order valence-electron chi connectivity index (χ4n) is 4.26. The van der Waals surface area contributed by atoms with Crippen LogP contribution in [0.3, 0.4) is 0 Å². The van der Waals surface area contributed by atoms with E-state index in [0.717, 1.165) is 49.2 Å². The van der Waals surface area contributed by atoms with Gasteiger partial charge in [-0.05, 0) is 84.6 Å². The van der Waals surface area contributed by atoms with Crippen LogP contribution in [0.4, 0.5) is 0 Å². The number of hydrogen-bond acceptors (Lipinski definition) is 4. The Morgan fingerprint density at radius 2 is 1.56 bits per heavy atom. The van der Waals surface area contributed by atoms with E-state index in [1.807, 2.05) is 53.7 Å². The van der Waals surface area contributed by atoms with Crippen molar-refractivity contribution < 1.29 is 13.2 Å². The molecular formula is C25H45N3O3S. The number of nitrogens with one attached hydrogen (secondary N) is 1. The van der Waals surface area contributed by atoms with Gasteiger partial charge in [-0.2, -0.15) is 4.31 Å². The van der Waals surface area contributed by atoms with E-state index < -0.39 is 10.0 Å². The largest absolute Gasteiger partial charge is 0.354 e. The van der Waals surface area contributed by atoms with Crippen molar-refractivity contribution in [3.05, 3.63) is 28.8 Å². The van der Waals surface area contributed by atoms with Gasteiger partial charge in [-0.3, -0.25) is 4.79 Å². The number of amides is 1. The van der Waals surface area contributed by atoms with Crippen molar-refractivity contribution in [2.75, 3.05) is 26.2 Å². The predicted octanol–water partition coefficient (Wildman–Crippen LogP) is 4.42. The van der Waals surface area contributed by atoms with Crippen molar-refractivity contribution in [2.45, 2.75) is 98.1 Å². The second-order valence-electron chi connectivity index (χ2n) is 8.99. The number of benzene rings is 1. The Kier molecular flexibility index (Phi) is 11.9. The van der Waals surface area contributed by atoms with Crippen LogP contribution < -0.4 is 5.32 Å². The van der Waals surface area contributed by atoms with E-state index >= 15 is 0 Å². The lowest BCUT2D eigenvalue weighted by atomic mass is 10.1. The number of nitrogens with zero attached hydrogens (tertiary/aromatic N) is 2. The standard InChI is InChI=1S/C25H45N3O3S/c1-9-23(8)28(32(30,31)25-20(5)17-19(4)18-21(25)6)16-14-24(29)26-22(7)13-12-15-27(10-2)11-3/h17-18,22-23H,9-16H2,1-8H3,(H,26,29). The molecule has 0 aliphatic rings. The van der Waals surface area contributed by atoms with Crippen LogP contribution in [0.1, 0.15) is 77.0 Å². The van der Waals surface area contributed by atoms with Crippen molar-refractivity contribution in [1.82, 2.24) is 14.5 Å². The van der Waals surface area contributed by atoms with E-state index in [0.29, 0.717) is 11.3 Å². The van der Waals surface area contributed by atoms with Crippen LogP contribution in [-0.4, -0.2) is 61.8 Å². The molecule has 0 aliphatic heterocycles. The molecule has 0 aromatic heterocycles. The molecular weight excluding hydrogens is 422 g/mol. The SMILES string of the molecule is CCC(C)N(CCC(=O)NC(C)CCCN(CC)CC)S(=O)(=O)c1c(C)cc(C)cc1C. The van der Waals surface area contributed by atoms with Gasteiger partial charge < -0.3 is 10.2 Å². The minimum Gasteiger partial charge on any atom is -0.354 e. The average molecular weight is 468 g/mol. The maximum atomic E-state index is 13.6. The van der Waals surface area contributed by atoms with E-state index in [1.165, 1.54) is 4.31 Å². The Morgan fingerprint density at radius 3 is 2.06 bits per heavy atom. The van der Waals surface area contributed by atoms with Crippen LogP contribution in [0.25, 0.3) is 0 Å². The number of carbonyl (C=O) groups excluding carboxylic acids is 1. The third kappa shape index (κ3) is 8.16. The van der Waals surface area contributed by atoms with Gasteiger partial charge in [0.15, 0.2) is 0 Å². The molecule has 1 rings (SSSR count). The lowest BCUT2D eigenvalue weighted by Gasteiger charge is -2.29. The van der Waals surface area contributed by atoms with E-state index in [4.69, 9.17) is 0 Å². The van der Waals surface area contributed by atoms with Crippen LogP contribution in [0.2, 0.25) is 0 Å². The van der Waals surface area contributed by atoms with Gasteiger partial charge in [-0.25, -0.2) is 8.42 Å². The molecule has 0 saturated carbocycles. The summed E-state index contributed by atoms with van der Waals surface area (Å²) >= 11 is 0. The summed E-state index contributed by atoms with van der Waals surface area (Å²) in [5.74, 6) is -0.0961. The highest BCUT2D eigenvalue weighted by atomic mass is 32.2. The van der Waals surface area contributed by atoms with Crippen LogP contribution >= 0.6 is 0 Å². The number of rotatable bonds is 14. The zero-order valence-corrected chi connectivity index (χ0v) is 22.3. The highest BCUT2D eigenvalue weighted by molar-refractivity contribution is 7.89. The Labute approximate surface area is 196 Å². The molecule has 0 bridgehead atoms. The second kappa shape index (κ2) is 13.3. The van der Waals surface area contributed by atoms with Crippen molar-refractivity contribution in [1.29, 1.82) is 0 Å². The molecule has 1 aromatic carbocycles. The minimum atomic E-state index is -3.70. The molecule has 0 fully saturated rings. The average Bonchev–Trinajstić information content (AvgIpc) is 2.69. The van der Waals surface area contributed by atoms with E-state index in [2.05, 4.69) is 24.1 Å². The molecule has 0 aliphatic carbocycles. The molecule has 0 saturated heterocycles. The van der Waals surface area contributed by atoms with Gasteiger partial charge >= 0.3 is 0 Å². The van der Waals surface area contributed by atoms with Gasteiger partial charge in [-0.1, -0.05) is 38.5 Å². The molecule has 6 nitrogen and oxygen atoms in total. The summed E-state index contributed by atoms with van der Waals surface area (Å²) in [7, 11) is -3.70. The molecule has 2 atom stereocenters. The lowest BCUT2D eigenvalue weighted by Crippen LogP contribution is -2.42. The van der Waals surface area contributed by atoms with Crippen LogP contribution in [0, 0.1) is 20.8 Å². The second-order valence-corrected chi connectivity index (χ2v) is 10.8. The smallest absolute Gasteiger partial charge is 0.243 e. The van der Waals surface area contributed by atoms with Gasteiger partial charge in [0, 0.05) is 25.0 Å². The zero-order valence-electron chi connectivity index (χ0n) is 21.5. The van der Waals surface area contributed by atoms with Crippen LogP contribution in [0.5, 0.6) is 0 Å². The molecule has 0 spiro atoms. The maximum absolute atomic E-state index is 13.6. The molecule has 2 unspecified atom stereocenters. The number of hydrogen-bond donors (Lipinski definition) is 1. The maximum Gasteiger partial charge on any atom is 0.243 e. The first-order valence-corrected chi connectivity index (χ1v) is 13.5. The molecule has 0 radical (unpaired) electrons. The summed E-state index contributed by atoms with van der Waals surface area (Å²) in [4.78, 5) is 15.3. The fourth-order valence-corrected chi connectivity index (χ4v) is 6.38. The topological polar surface area (TPSA) is 69.7 Å². The molecule has 1 amide bonds. The third-order valence-electron chi connectivity index (χ3n) is 6.23. The molecule has 32 heavy (non-hydrogen) atoms. The third-order valence-corrected chi connectivity index (χ3v) is 8.55. The molecule has 1 N–H and O–H groups in total. The summed E-state index contributed by atoms with van der Waals surface area (Å²) in [6, 6.07) is 3.70. The molecule has 7 heteroatoms. The van der Waals surface area contributed by atoms with Gasteiger partial charge in [-0.15, -0.1) is 0 Å². The van der Waals surface area contributed by atoms with Gasteiger partial charge in [0.25, 0.3) is 0 Å². The van der Waals surface area contributed by atoms with Crippen molar-refractivity contribution in [3.8, 4) is 0 Å². The highest BCUT2D eigenvalue weighted by Gasteiger charge is 2.31. The van der Waals surface area contributed by atoms with E-state index in [-0.39, 0.29) is 31.0 Å². The monoisotopic (exact) mass is 467 g/mol. The quantitative estimate of drug-likeness (QED) is 0.440. The first-order valence-electron chi connectivity index (χ1n) is 12.1. The van der Waals surface area contributed by atoms with Crippen LogP contribution in [-0.2, 0) is 14.8 Å². The van der Waals surface area contributed by atoms with Crippen LogP contribution in [0.15, 0.2) is 17.0 Å². The zero-order chi connectivity index (χ0) is 24.5. The van der Waals surface area contributed by atoms with Gasteiger partial charge in [0.05, 0.1) is 4.90 Å². The Hall–Kier alpha value is -1.44.